The fourth-order valence-corrected chi connectivity index (χ4v) is 2.60. The van der Waals surface area contributed by atoms with Crippen molar-refractivity contribution in [1.29, 1.82) is 0 Å². The highest BCUT2D eigenvalue weighted by atomic mass is 35.5. The van der Waals surface area contributed by atoms with Crippen molar-refractivity contribution < 1.29 is 17.9 Å². The number of pyridine rings is 1. The monoisotopic (exact) mass is 423 g/mol. The van der Waals surface area contributed by atoms with Crippen LogP contribution in [0.1, 0.15) is 30.9 Å². The summed E-state index contributed by atoms with van der Waals surface area (Å²) in [5.74, 6) is 1.06. The molecule has 0 amide bonds. The van der Waals surface area contributed by atoms with Gasteiger partial charge in [0.15, 0.2) is 5.82 Å². The summed E-state index contributed by atoms with van der Waals surface area (Å²) in [6.45, 7) is 4.16. The van der Waals surface area contributed by atoms with Crippen molar-refractivity contribution in [2.45, 2.75) is 25.9 Å². The van der Waals surface area contributed by atoms with Gasteiger partial charge in [0.1, 0.15) is 23.6 Å². The Morgan fingerprint density at radius 2 is 1.76 bits per heavy atom. The van der Waals surface area contributed by atoms with Crippen LogP contribution in [0, 0.1) is 0 Å². The molecule has 29 heavy (non-hydrogen) atoms. The zero-order valence-electron chi connectivity index (χ0n) is 15.5. The van der Waals surface area contributed by atoms with Crippen LogP contribution in [0.3, 0.4) is 0 Å². The predicted octanol–water partition coefficient (Wildman–Crippen LogP) is 5.79. The Balaban J connectivity index is 1.82. The van der Waals surface area contributed by atoms with Crippen molar-refractivity contribution in [2.24, 2.45) is 0 Å². The standard InChI is InChI=1S/C19H17ClF3N5O/c1-10(2)11-3-5-13(6-4-11)29-18-15(24)17(26-9-27-18)28-16-14(20)7-12(8-25-16)19(21,22)23/h3-10H,24H2,1-2H3,(H,25,26,27,28). The first-order valence-electron chi connectivity index (χ1n) is 8.53. The van der Waals surface area contributed by atoms with Gasteiger partial charge in [-0.1, -0.05) is 37.6 Å². The maximum Gasteiger partial charge on any atom is 0.417 e. The van der Waals surface area contributed by atoms with Crippen molar-refractivity contribution in [1.82, 2.24) is 15.0 Å². The molecule has 3 N–H and O–H groups in total. The molecule has 0 aliphatic heterocycles. The first-order chi connectivity index (χ1) is 13.6. The minimum absolute atomic E-state index is 0.0303. The molecular weight excluding hydrogens is 407 g/mol. The average Bonchev–Trinajstić information content (AvgIpc) is 2.66. The van der Waals surface area contributed by atoms with Crippen LogP contribution in [0.15, 0.2) is 42.9 Å². The molecule has 2 aromatic heterocycles. The van der Waals surface area contributed by atoms with E-state index in [0.717, 1.165) is 11.6 Å². The molecule has 0 unspecified atom stereocenters. The van der Waals surface area contributed by atoms with Crippen molar-refractivity contribution in [3.8, 4) is 11.6 Å². The molecule has 6 nitrogen and oxygen atoms in total. The fourth-order valence-electron chi connectivity index (χ4n) is 2.39. The second-order valence-electron chi connectivity index (χ2n) is 6.44. The molecule has 0 saturated heterocycles. The Morgan fingerprint density at radius 3 is 2.34 bits per heavy atom. The Hall–Kier alpha value is -3.07. The molecule has 0 spiro atoms. The Kier molecular flexibility index (Phi) is 5.78. The van der Waals surface area contributed by atoms with E-state index >= 15 is 0 Å². The molecular formula is C19H17ClF3N5O. The normalized spacial score (nSPS) is 11.6. The van der Waals surface area contributed by atoms with Gasteiger partial charge in [-0.05, 0) is 29.7 Å². The van der Waals surface area contributed by atoms with Crippen LogP contribution in [-0.2, 0) is 6.18 Å². The number of ether oxygens (including phenoxy) is 1. The number of nitrogens with zero attached hydrogens (tertiary/aromatic N) is 3. The van der Waals surface area contributed by atoms with Crippen LogP contribution in [0.25, 0.3) is 0 Å². The van der Waals surface area contributed by atoms with Gasteiger partial charge >= 0.3 is 6.18 Å². The summed E-state index contributed by atoms with van der Waals surface area (Å²) in [6.07, 6.45) is -2.68. The maximum atomic E-state index is 12.7. The SMILES string of the molecule is CC(C)c1ccc(Oc2ncnc(Nc3ncc(C(F)(F)F)cc3Cl)c2N)cc1. The molecule has 3 aromatic rings. The molecule has 10 heteroatoms. The van der Waals surface area contributed by atoms with E-state index < -0.39 is 11.7 Å². The third kappa shape index (κ3) is 4.86. The van der Waals surface area contributed by atoms with Crippen molar-refractivity contribution in [2.75, 3.05) is 11.1 Å². The van der Waals surface area contributed by atoms with Crippen LogP contribution in [-0.4, -0.2) is 15.0 Å². The molecule has 0 fully saturated rings. The highest BCUT2D eigenvalue weighted by Gasteiger charge is 2.31. The summed E-state index contributed by atoms with van der Waals surface area (Å²) in [4.78, 5) is 11.7. The minimum Gasteiger partial charge on any atom is -0.437 e. The highest BCUT2D eigenvalue weighted by Crippen LogP contribution is 2.35. The van der Waals surface area contributed by atoms with Gasteiger partial charge in [-0.15, -0.1) is 0 Å². The molecule has 0 aliphatic carbocycles. The van der Waals surface area contributed by atoms with E-state index in [-0.39, 0.29) is 28.2 Å². The molecule has 2 heterocycles. The number of hydrogen-bond donors (Lipinski definition) is 2. The second kappa shape index (κ2) is 8.12. The van der Waals surface area contributed by atoms with Gasteiger partial charge in [-0.25, -0.2) is 9.97 Å². The van der Waals surface area contributed by atoms with E-state index in [2.05, 4.69) is 34.1 Å². The minimum atomic E-state index is -4.55. The summed E-state index contributed by atoms with van der Waals surface area (Å²) in [7, 11) is 0. The number of anilines is 3. The number of nitrogen functional groups attached to an aromatic ring is 1. The zero-order valence-corrected chi connectivity index (χ0v) is 16.2. The Labute approximate surface area is 169 Å². The number of rotatable bonds is 5. The van der Waals surface area contributed by atoms with E-state index in [1.165, 1.54) is 6.33 Å². The summed E-state index contributed by atoms with van der Waals surface area (Å²) in [5, 5.41) is 2.47. The lowest BCUT2D eigenvalue weighted by molar-refractivity contribution is -0.137. The average molecular weight is 424 g/mol. The summed E-state index contributed by atoms with van der Waals surface area (Å²) >= 11 is 5.91. The van der Waals surface area contributed by atoms with Gasteiger partial charge in [-0.2, -0.15) is 18.2 Å². The van der Waals surface area contributed by atoms with Crippen LogP contribution < -0.4 is 15.8 Å². The molecule has 0 saturated carbocycles. The van der Waals surface area contributed by atoms with Gasteiger partial charge in [-0.3, -0.25) is 0 Å². The molecule has 3 rings (SSSR count). The summed E-state index contributed by atoms with van der Waals surface area (Å²) in [6, 6.07) is 8.21. The molecule has 152 valence electrons. The molecule has 1 aromatic carbocycles. The number of nitrogens with two attached hydrogens (primary N) is 1. The molecule has 0 radical (unpaired) electrons. The van der Waals surface area contributed by atoms with Crippen LogP contribution >= 0.6 is 11.6 Å². The number of halogens is 4. The Bertz CT molecular complexity index is 1010. The van der Waals surface area contributed by atoms with E-state index in [1.54, 1.807) is 12.1 Å². The lowest BCUT2D eigenvalue weighted by Crippen LogP contribution is -2.08. The second-order valence-corrected chi connectivity index (χ2v) is 6.85. The lowest BCUT2D eigenvalue weighted by atomic mass is 10.0. The first-order valence-corrected chi connectivity index (χ1v) is 8.91. The number of hydrogen-bond acceptors (Lipinski definition) is 6. The quantitative estimate of drug-likeness (QED) is 0.540. The highest BCUT2D eigenvalue weighted by molar-refractivity contribution is 6.33. The van der Waals surface area contributed by atoms with Gasteiger partial charge in [0.2, 0.25) is 5.88 Å². The number of alkyl halides is 3. The number of nitrogens with one attached hydrogen (secondary N) is 1. The topological polar surface area (TPSA) is 86.0 Å². The summed E-state index contributed by atoms with van der Waals surface area (Å²) < 4.78 is 43.9. The van der Waals surface area contributed by atoms with Crippen LogP contribution in [0.2, 0.25) is 5.02 Å². The van der Waals surface area contributed by atoms with E-state index in [4.69, 9.17) is 22.1 Å². The largest absolute Gasteiger partial charge is 0.437 e. The van der Waals surface area contributed by atoms with E-state index in [0.29, 0.717) is 17.9 Å². The number of aromatic nitrogens is 3. The predicted molar refractivity (Wildman–Crippen MR) is 105 cm³/mol. The van der Waals surface area contributed by atoms with Crippen LogP contribution in [0.5, 0.6) is 11.6 Å². The Morgan fingerprint density at radius 1 is 1.07 bits per heavy atom. The maximum absolute atomic E-state index is 12.7. The molecule has 0 bridgehead atoms. The third-order valence-corrected chi connectivity index (χ3v) is 4.30. The van der Waals surface area contributed by atoms with Crippen molar-refractivity contribution >= 4 is 28.9 Å². The third-order valence-electron chi connectivity index (χ3n) is 4.01. The number of benzene rings is 1. The van der Waals surface area contributed by atoms with Crippen molar-refractivity contribution in [3.63, 3.8) is 0 Å². The van der Waals surface area contributed by atoms with Crippen molar-refractivity contribution in [3.05, 3.63) is 59.0 Å². The zero-order chi connectivity index (χ0) is 21.2. The van der Waals surface area contributed by atoms with Gasteiger partial charge in [0.25, 0.3) is 0 Å². The van der Waals surface area contributed by atoms with E-state index in [1.807, 2.05) is 12.1 Å². The summed E-state index contributed by atoms with van der Waals surface area (Å²) in [5.41, 5.74) is 6.29. The van der Waals surface area contributed by atoms with Gasteiger partial charge in [0, 0.05) is 6.20 Å². The van der Waals surface area contributed by atoms with Gasteiger partial charge in [0.05, 0.1) is 10.6 Å². The lowest BCUT2D eigenvalue weighted by Gasteiger charge is -2.13. The van der Waals surface area contributed by atoms with Crippen LogP contribution in [0.4, 0.5) is 30.5 Å². The van der Waals surface area contributed by atoms with E-state index in [9.17, 15) is 13.2 Å². The first kappa shape index (κ1) is 20.7. The smallest absolute Gasteiger partial charge is 0.417 e. The fraction of sp³-hybridized carbons (Fsp3) is 0.211. The molecule has 0 atom stereocenters. The van der Waals surface area contributed by atoms with Gasteiger partial charge < -0.3 is 15.8 Å². The molecule has 0 aliphatic rings.